The van der Waals surface area contributed by atoms with Crippen LogP contribution in [0, 0.1) is 6.92 Å². The van der Waals surface area contributed by atoms with Gasteiger partial charge in [0, 0.05) is 23.5 Å². The van der Waals surface area contributed by atoms with Crippen LogP contribution >= 0.6 is 0 Å². The van der Waals surface area contributed by atoms with Gasteiger partial charge < -0.3 is 15.4 Å². The van der Waals surface area contributed by atoms with E-state index in [1.807, 2.05) is 37.3 Å². The lowest BCUT2D eigenvalue weighted by atomic mass is 10.2. The summed E-state index contributed by atoms with van der Waals surface area (Å²) in [5.41, 5.74) is 2.97. The molecule has 6 heteroatoms. The van der Waals surface area contributed by atoms with E-state index in [-0.39, 0.29) is 11.6 Å². The van der Waals surface area contributed by atoms with Crippen LogP contribution in [0.4, 0.5) is 17.2 Å². The lowest BCUT2D eigenvalue weighted by Crippen LogP contribution is -2.14. The first-order chi connectivity index (χ1) is 12.1. The Hall–Kier alpha value is -3.41. The first kappa shape index (κ1) is 16.4. The van der Waals surface area contributed by atoms with Crippen molar-refractivity contribution in [3.05, 3.63) is 72.2 Å². The highest BCUT2D eigenvalue weighted by molar-refractivity contribution is 6.03. The van der Waals surface area contributed by atoms with Crippen LogP contribution in [-0.2, 0) is 0 Å². The first-order valence-corrected chi connectivity index (χ1v) is 7.75. The van der Waals surface area contributed by atoms with Crippen LogP contribution in [0.2, 0.25) is 0 Å². The molecule has 1 heterocycles. The highest BCUT2D eigenvalue weighted by atomic mass is 16.5. The number of aromatic nitrogens is 2. The summed E-state index contributed by atoms with van der Waals surface area (Å²) in [7, 11) is 1.58. The molecule has 3 aromatic rings. The molecule has 25 heavy (non-hydrogen) atoms. The molecular formula is C19H18N4O2. The average Bonchev–Trinajstić information content (AvgIpc) is 2.64. The van der Waals surface area contributed by atoms with E-state index in [0.29, 0.717) is 17.3 Å². The van der Waals surface area contributed by atoms with E-state index >= 15 is 0 Å². The predicted octanol–water partition coefficient (Wildman–Crippen LogP) is 3.79. The van der Waals surface area contributed by atoms with Gasteiger partial charge in [-0.25, -0.2) is 9.97 Å². The average molecular weight is 334 g/mol. The fraction of sp³-hybridized carbons (Fsp3) is 0.105. The molecule has 0 aliphatic carbocycles. The summed E-state index contributed by atoms with van der Waals surface area (Å²) in [6, 6.07) is 16.6. The van der Waals surface area contributed by atoms with Gasteiger partial charge in [0.25, 0.3) is 5.91 Å². The predicted molar refractivity (Wildman–Crippen MR) is 97.4 cm³/mol. The van der Waals surface area contributed by atoms with Gasteiger partial charge in [0.15, 0.2) is 0 Å². The van der Waals surface area contributed by atoms with Gasteiger partial charge in [-0.15, -0.1) is 0 Å². The minimum absolute atomic E-state index is 0.271. The van der Waals surface area contributed by atoms with E-state index in [9.17, 15) is 4.79 Å². The van der Waals surface area contributed by atoms with Crippen molar-refractivity contribution in [3.63, 3.8) is 0 Å². The molecule has 0 unspecified atom stereocenters. The Bertz CT molecular complexity index is 879. The first-order valence-electron chi connectivity index (χ1n) is 7.75. The number of anilines is 3. The molecule has 2 N–H and O–H groups in total. The van der Waals surface area contributed by atoms with Crippen molar-refractivity contribution >= 4 is 23.1 Å². The minimum Gasteiger partial charge on any atom is -0.497 e. The lowest BCUT2D eigenvalue weighted by Gasteiger charge is -2.09. The Morgan fingerprint density at radius 1 is 1.00 bits per heavy atom. The quantitative estimate of drug-likeness (QED) is 0.742. The maximum Gasteiger partial charge on any atom is 0.274 e. The van der Waals surface area contributed by atoms with Gasteiger partial charge in [-0.05, 0) is 31.2 Å². The zero-order chi connectivity index (χ0) is 17.6. The zero-order valence-electron chi connectivity index (χ0n) is 14.0. The maximum atomic E-state index is 12.4. The Morgan fingerprint density at radius 2 is 1.80 bits per heavy atom. The van der Waals surface area contributed by atoms with Crippen LogP contribution in [-0.4, -0.2) is 23.0 Å². The topological polar surface area (TPSA) is 76.1 Å². The van der Waals surface area contributed by atoms with Crippen LogP contribution in [0.3, 0.4) is 0 Å². The molecule has 1 amide bonds. The Labute approximate surface area is 145 Å². The second kappa shape index (κ2) is 7.44. The molecule has 6 nitrogen and oxygen atoms in total. The molecule has 126 valence electrons. The Kier molecular flexibility index (Phi) is 4.89. The van der Waals surface area contributed by atoms with E-state index in [1.54, 1.807) is 31.4 Å². The zero-order valence-corrected chi connectivity index (χ0v) is 14.0. The number of benzene rings is 2. The van der Waals surface area contributed by atoms with Crippen LogP contribution in [0.15, 0.2) is 60.9 Å². The van der Waals surface area contributed by atoms with E-state index in [4.69, 9.17) is 4.74 Å². The number of methoxy groups -OCH3 is 1. The second-order valence-corrected chi connectivity index (χ2v) is 5.47. The Balaban J connectivity index is 1.73. The molecule has 0 saturated heterocycles. The monoisotopic (exact) mass is 334 g/mol. The molecule has 0 aliphatic rings. The van der Waals surface area contributed by atoms with Crippen molar-refractivity contribution in [1.29, 1.82) is 0 Å². The number of rotatable bonds is 5. The summed E-state index contributed by atoms with van der Waals surface area (Å²) in [6.45, 7) is 2.02. The number of carbonyl (C=O) groups excluding carboxylic acids is 1. The molecule has 2 aromatic carbocycles. The number of carbonyl (C=O) groups is 1. The molecular weight excluding hydrogens is 316 g/mol. The highest BCUT2D eigenvalue weighted by Gasteiger charge is 2.10. The fourth-order valence-electron chi connectivity index (χ4n) is 2.23. The standard InChI is InChI=1S/C19H18N4O2/c1-13-6-8-14(9-7-13)22-18-11-17(20-12-21-18)19(24)23-15-4-3-5-16(10-15)25-2/h3-12H,1-2H3,(H,23,24)(H,20,21,22). The number of hydrogen-bond donors (Lipinski definition) is 2. The molecule has 0 aliphatic heterocycles. The number of hydrogen-bond acceptors (Lipinski definition) is 5. The molecule has 1 aromatic heterocycles. The summed E-state index contributed by atoms with van der Waals surface area (Å²) >= 11 is 0. The Morgan fingerprint density at radius 3 is 2.56 bits per heavy atom. The van der Waals surface area contributed by atoms with E-state index in [0.717, 1.165) is 5.69 Å². The molecule has 0 fully saturated rings. The van der Waals surface area contributed by atoms with Crippen LogP contribution in [0.1, 0.15) is 16.1 Å². The van der Waals surface area contributed by atoms with Crippen molar-refractivity contribution < 1.29 is 9.53 Å². The van der Waals surface area contributed by atoms with Crippen LogP contribution in [0.25, 0.3) is 0 Å². The summed E-state index contributed by atoms with van der Waals surface area (Å²) < 4.78 is 5.15. The van der Waals surface area contributed by atoms with Crippen molar-refractivity contribution in [2.24, 2.45) is 0 Å². The largest absolute Gasteiger partial charge is 0.497 e. The number of aryl methyl sites for hydroxylation is 1. The maximum absolute atomic E-state index is 12.4. The van der Waals surface area contributed by atoms with Gasteiger partial charge in [0.05, 0.1) is 7.11 Å². The summed E-state index contributed by atoms with van der Waals surface area (Å²) in [5.74, 6) is 0.902. The van der Waals surface area contributed by atoms with E-state index in [1.165, 1.54) is 11.9 Å². The normalized spacial score (nSPS) is 10.2. The molecule has 3 rings (SSSR count). The SMILES string of the molecule is COc1cccc(NC(=O)c2cc(Nc3ccc(C)cc3)ncn2)c1. The molecule has 0 bridgehead atoms. The van der Waals surface area contributed by atoms with Gasteiger partial charge in [-0.2, -0.15) is 0 Å². The van der Waals surface area contributed by atoms with Crippen molar-refractivity contribution in [3.8, 4) is 5.75 Å². The van der Waals surface area contributed by atoms with E-state index in [2.05, 4.69) is 20.6 Å². The van der Waals surface area contributed by atoms with Crippen molar-refractivity contribution in [2.75, 3.05) is 17.7 Å². The van der Waals surface area contributed by atoms with Crippen LogP contribution in [0.5, 0.6) is 5.75 Å². The summed E-state index contributed by atoms with van der Waals surface area (Å²) in [6.07, 6.45) is 1.36. The van der Waals surface area contributed by atoms with Gasteiger partial charge in [-0.3, -0.25) is 4.79 Å². The van der Waals surface area contributed by atoms with Gasteiger partial charge >= 0.3 is 0 Å². The third kappa shape index (κ3) is 4.32. The highest BCUT2D eigenvalue weighted by Crippen LogP contribution is 2.18. The second-order valence-electron chi connectivity index (χ2n) is 5.47. The molecule has 0 atom stereocenters. The smallest absolute Gasteiger partial charge is 0.274 e. The number of amides is 1. The molecule has 0 saturated carbocycles. The molecule has 0 radical (unpaired) electrons. The third-order valence-electron chi connectivity index (χ3n) is 3.55. The summed E-state index contributed by atoms with van der Waals surface area (Å²) in [4.78, 5) is 20.6. The van der Waals surface area contributed by atoms with Crippen molar-refractivity contribution in [1.82, 2.24) is 9.97 Å². The fourth-order valence-corrected chi connectivity index (χ4v) is 2.23. The van der Waals surface area contributed by atoms with Gasteiger partial charge in [0.2, 0.25) is 0 Å². The number of nitrogens with zero attached hydrogens (tertiary/aromatic N) is 2. The molecule has 0 spiro atoms. The third-order valence-corrected chi connectivity index (χ3v) is 3.55. The van der Waals surface area contributed by atoms with Gasteiger partial charge in [-0.1, -0.05) is 23.8 Å². The van der Waals surface area contributed by atoms with Crippen LogP contribution < -0.4 is 15.4 Å². The lowest BCUT2D eigenvalue weighted by molar-refractivity contribution is 0.102. The number of ether oxygens (including phenoxy) is 1. The summed E-state index contributed by atoms with van der Waals surface area (Å²) in [5, 5.41) is 5.95. The van der Waals surface area contributed by atoms with Gasteiger partial charge in [0.1, 0.15) is 23.6 Å². The number of nitrogens with one attached hydrogen (secondary N) is 2. The minimum atomic E-state index is -0.317. The van der Waals surface area contributed by atoms with Crippen molar-refractivity contribution in [2.45, 2.75) is 6.92 Å². The van der Waals surface area contributed by atoms with E-state index < -0.39 is 0 Å².